The highest BCUT2D eigenvalue weighted by Gasteiger charge is 2.36. The number of fused-ring (bicyclic) bond motifs is 1. The lowest BCUT2D eigenvalue weighted by Crippen LogP contribution is -2.44. The molecule has 2 amide bonds. The van der Waals surface area contributed by atoms with Gasteiger partial charge in [-0.05, 0) is 83.9 Å². The van der Waals surface area contributed by atoms with Gasteiger partial charge in [-0.15, -0.1) is 0 Å². The Bertz CT molecular complexity index is 1230. The summed E-state index contributed by atoms with van der Waals surface area (Å²) in [6.07, 6.45) is -1.85. The Morgan fingerprint density at radius 1 is 0.943 bits per heavy atom. The van der Waals surface area contributed by atoms with E-state index in [4.69, 9.17) is 41.9 Å². The molecule has 2 aromatic carbocycles. The summed E-state index contributed by atoms with van der Waals surface area (Å²) >= 11 is 12.0. The molecule has 0 bridgehead atoms. The maximum atomic E-state index is 13.0. The van der Waals surface area contributed by atoms with E-state index in [0.29, 0.717) is 26.8 Å². The van der Waals surface area contributed by atoms with Crippen molar-refractivity contribution >= 4 is 52.2 Å². The van der Waals surface area contributed by atoms with Crippen LogP contribution in [0.3, 0.4) is 0 Å². The third-order valence-corrected chi connectivity index (χ3v) is 5.30. The third-order valence-electron chi connectivity index (χ3n) is 4.56. The molecule has 35 heavy (non-hydrogen) atoms. The molecule has 188 valence electrons. The zero-order valence-electron chi connectivity index (χ0n) is 20.7. The van der Waals surface area contributed by atoms with Crippen LogP contribution in [0.15, 0.2) is 34.9 Å². The molecule has 1 aromatic heterocycles. The van der Waals surface area contributed by atoms with Crippen LogP contribution < -0.4 is 9.64 Å². The number of hydrogen-bond donors (Lipinski definition) is 0. The fourth-order valence-electron chi connectivity index (χ4n) is 3.03. The number of benzene rings is 2. The Kier molecular flexibility index (Phi) is 7.57. The fraction of sp³-hybridized carbons (Fsp3) is 0.400. The Balaban J connectivity index is 1.95. The Hall–Kier alpha value is -2.97. The third kappa shape index (κ3) is 6.80. The molecule has 0 aliphatic heterocycles. The van der Waals surface area contributed by atoms with Crippen molar-refractivity contribution in [2.45, 2.75) is 66.3 Å². The molecular weight excluding hydrogens is 495 g/mol. The molecule has 8 nitrogen and oxygen atoms in total. The summed E-state index contributed by atoms with van der Waals surface area (Å²) in [5.74, 6) is 0.529. The first-order valence-corrected chi connectivity index (χ1v) is 11.6. The van der Waals surface area contributed by atoms with E-state index in [1.165, 1.54) is 0 Å². The van der Waals surface area contributed by atoms with Crippen molar-refractivity contribution < 1.29 is 28.3 Å². The summed E-state index contributed by atoms with van der Waals surface area (Å²) in [4.78, 5) is 26.7. The van der Waals surface area contributed by atoms with Crippen molar-refractivity contribution in [3.63, 3.8) is 0 Å². The van der Waals surface area contributed by atoms with Gasteiger partial charge in [-0.1, -0.05) is 28.4 Å². The van der Waals surface area contributed by atoms with Crippen LogP contribution in [0.25, 0.3) is 11.0 Å². The highest BCUT2D eigenvalue weighted by atomic mass is 35.5. The number of imide groups is 1. The number of hydrogen-bond acceptors (Lipinski definition) is 7. The second-order valence-corrected chi connectivity index (χ2v) is 10.8. The maximum Gasteiger partial charge on any atom is 0.425 e. The topological polar surface area (TPSA) is 91.1 Å². The van der Waals surface area contributed by atoms with Crippen LogP contribution in [0.2, 0.25) is 10.0 Å². The van der Waals surface area contributed by atoms with Crippen molar-refractivity contribution in [1.82, 2.24) is 5.16 Å². The second-order valence-electron chi connectivity index (χ2n) is 9.94. The van der Waals surface area contributed by atoms with E-state index in [0.717, 1.165) is 16.0 Å². The number of aryl methyl sites for hydroxylation is 1. The average molecular weight is 523 g/mol. The van der Waals surface area contributed by atoms with Crippen molar-refractivity contribution in [2.24, 2.45) is 0 Å². The zero-order chi connectivity index (χ0) is 26.1. The molecule has 0 aliphatic rings. The van der Waals surface area contributed by atoms with Crippen LogP contribution in [0.1, 0.15) is 52.7 Å². The van der Waals surface area contributed by atoms with Gasteiger partial charge < -0.3 is 18.7 Å². The minimum atomic E-state index is -0.924. The summed E-state index contributed by atoms with van der Waals surface area (Å²) in [6.45, 7) is 12.3. The van der Waals surface area contributed by atoms with Crippen molar-refractivity contribution in [3.8, 4) is 5.75 Å². The summed E-state index contributed by atoms with van der Waals surface area (Å²) in [5, 5.41) is 5.26. The van der Waals surface area contributed by atoms with Gasteiger partial charge in [-0.2, -0.15) is 4.90 Å². The molecule has 0 aliphatic carbocycles. The quantitative estimate of drug-likeness (QED) is 0.346. The number of carbonyl (C=O) groups excluding carboxylic acids is 2. The maximum absolute atomic E-state index is 13.0. The van der Waals surface area contributed by atoms with Crippen LogP contribution in [-0.4, -0.2) is 28.5 Å². The van der Waals surface area contributed by atoms with E-state index in [2.05, 4.69) is 5.16 Å². The molecule has 0 radical (unpaired) electrons. The highest BCUT2D eigenvalue weighted by molar-refractivity contribution is 6.42. The van der Waals surface area contributed by atoms with Crippen molar-refractivity contribution in [1.29, 1.82) is 0 Å². The van der Waals surface area contributed by atoms with Gasteiger partial charge in [0.15, 0.2) is 11.4 Å². The molecule has 0 fully saturated rings. The van der Waals surface area contributed by atoms with Crippen molar-refractivity contribution in [2.75, 3.05) is 4.90 Å². The van der Waals surface area contributed by atoms with Gasteiger partial charge >= 0.3 is 12.2 Å². The predicted octanol–water partition coefficient (Wildman–Crippen LogP) is 7.70. The number of rotatable bonds is 4. The number of halogens is 2. The minimum Gasteiger partial charge on any atom is -0.489 e. The summed E-state index contributed by atoms with van der Waals surface area (Å²) in [7, 11) is 0. The predicted molar refractivity (Wildman–Crippen MR) is 134 cm³/mol. The lowest BCUT2D eigenvalue weighted by atomic mass is 10.1. The highest BCUT2D eigenvalue weighted by Crippen LogP contribution is 2.32. The van der Waals surface area contributed by atoms with E-state index >= 15 is 0 Å². The lowest BCUT2D eigenvalue weighted by molar-refractivity contribution is 0.0428. The Morgan fingerprint density at radius 2 is 1.54 bits per heavy atom. The molecule has 0 saturated carbocycles. The van der Waals surface area contributed by atoms with E-state index in [1.807, 2.05) is 6.92 Å². The van der Waals surface area contributed by atoms with Gasteiger partial charge in [0.05, 0.1) is 15.4 Å². The molecule has 0 atom stereocenters. The smallest absolute Gasteiger partial charge is 0.425 e. The van der Waals surface area contributed by atoms with Gasteiger partial charge in [0.1, 0.15) is 23.6 Å². The first kappa shape index (κ1) is 26.6. The van der Waals surface area contributed by atoms with Gasteiger partial charge in [-0.25, -0.2) is 9.59 Å². The van der Waals surface area contributed by atoms with E-state index in [1.54, 1.807) is 71.9 Å². The van der Waals surface area contributed by atoms with Crippen LogP contribution in [0.4, 0.5) is 15.4 Å². The lowest BCUT2D eigenvalue weighted by Gasteiger charge is -2.27. The summed E-state index contributed by atoms with van der Waals surface area (Å²) in [5.41, 5.74) is 0.308. The molecule has 3 rings (SSSR count). The monoisotopic (exact) mass is 522 g/mol. The number of nitrogens with zero attached hydrogens (tertiary/aromatic N) is 2. The largest absolute Gasteiger partial charge is 0.489 e. The number of carbonyl (C=O) groups is 2. The molecule has 0 unspecified atom stereocenters. The zero-order valence-corrected chi connectivity index (χ0v) is 22.2. The molecular formula is C25H28Cl2N2O6. The number of amides is 2. The second kappa shape index (κ2) is 9.95. The molecule has 0 saturated heterocycles. The SMILES string of the molecule is Cc1cc2c(N(C(=O)OC(C)(C)C)C(=O)OC(C)(C)C)noc2cc1COc1ccc(Cl)c(Cl)c1. The van der Waals surface area contributed by atoms with Crippen molar-refractivity contribution in [3.05, 3.63) is 51.5 Å². The summed E-state index contributed by atoms with van der Waals surface area (Å²) in [6, 6.07) is 8.50. The van der Waals surface area contributed by atoms with Crippen LogP contribution in [0.5, 0.6) is 5.75 Å². The molecule has 0 N–H and O–H groups in total. The normalized spacial score (nSPS) is 11.9. The minimum absolute atomic E-state index is 0.0245. The standard InChI is InChI=1S/C25H28Cl2N2O6/c1-14-10-17-20(11-15(14)13-32-16-8-9-18(26)19(27)12-16)35-28-21(17)29(22(30)33-24(2,3)4)23(31)34-25(5,6)7/h8-12H,13H2,1-7H3. The molecule has 1 heterocycles. The van der Waals surface area contributed by atoms with Gasteiger partial charge in [-0.3, -0.25) is 0 Å². The first-order chi connectivity index (χ1) is 16.1. The molecule has 10 heteroatoms. The van der Waals surface area contributed by atoms with Crippen LogP contribution in [0, 0.1) is 6.92 Å². The number of anilines is 1. The Labute approximate surface area is 214 Å². The number of ether oxygens (including phenoxy) is 3. The van der Waals surface area contributed by atoms with Gasteiger partial charge in [0, 0.05) is 6.07 Å². The van der Waals surface area contributed by atoms with E-state index in [-0.39, 0.29) is 12.4 Å². The Morgan fingerprint density at radius 3 is 2.09 bits per heavy atom. The molecule has 0 spiro atoms. The summed E-state index contributed by atoms with van der Waals surface area (Å²) < 4.78 is 22.2. The van der Waals surface area contributed by atoms with E-state index < -0.39 is 23.4 Å². The van der Waals surface area contributed by atoms with Crippen LogP contribution >= 0.6 is 23.2 Å². The van der Waals surface area contributed by atoms with Gasteiger partial charge in [0.25, 0.3) is 0 Å². The fourth-order valence-corrected chi connectivity index (χ4v) is 3.32. The average Bonchev–Trinajstić information content (AvgIpc) is 3.08. The van der Waals surface area contributed by atoms with E-state index in [9.17, 15) is 9.59 Å². The first-order valence-electron chi connectivity index (χ1n) is 10.9. The van der Waals surface area contributed by atoms with Crippen LogP contribution in [-0.2, 0) is 16.1 Å². The molecule has 3 aromatic rings. The van der Waals surface area contributed by atoms with Gasteiger partial charge in [0.2, 0.25) is 0 Å². The number of aromatic nitrogens is 1.